The van der Waals surface area contributed by atoms with Crippen molar-refractivity contribution in [2.45, 2.75) is 18.4 Å². The molecule has 22 heavy (non-hydrogen) atoms. The summed E-state index contributed by atoms with van der Waals surface area (Å²) < 4.78 is 6.22. The van der Waals surface area contributed by atoms with Crippen LogP contribution in [0.1, 0.15) is 17.5 Å². The van der Waals surface area contributed by atoms with Crippen molar-refractivity contribution in [3.05, 3.63) is 46.6 Å². The average Bonchev–Trinajstić information content (AvgIpc) is 2.85. The van der Waals surface area contributed by atoms with Crippen molar-refractivity contribution in [2.75, 3.05) is 30.3 Å². The third-order valence-electron chi connectivity index (χ3n) is 4.51. The van der Waals surface area contributed by atoms with Crippen LogP contribution in [0, 0.1) is 0 Å². The molecule has 2 aromatic rings. The molecule has 5 nitrogen and oxygen atoms in total. The minimum Gasteiger partial charge on any atom is -0.368 e. The Bertz CT molecular complexity index is 699. The summed E-state index contributed by atoms with van der Waals surface area (Å²) >= 11 is 6.01. The van der Waals surface area contributed by atoms with Crippen molar-refractivity contribution in [1.82, 2.24) is 9.97 Å². The number of halogens is 1. The van der Waals surface area contributed by atoms with Crippen LogP contribution >= 0.6 is 11.6 Å². The lowest BCUT2D eigenvalue weighted by molar-refractivity contribution is -0.0594. The molecule has 4 rings (SSSR count). The van der Waals surface area contributed by atoms with Crippen LogP contribution in [0.5, 0.6) is 0 Å². The third kappa shape index (κ3) is 2.21. The molecule has 1 aromatic heterocycles. The van der Waals surface area contributed by atoms with Crippen molar-refractivity contribution < 1.29 is 4.74 Å². The molecule has 6 heteroatoms. The molecule has 0 bridgehead atoms. The largest absolute Gasteiger partial charge is 0.368 e. The van der Waals surface area contributed by atoms with E-state index in [0.717, 1.165) is 31.7 Å². The number of anilines is 2. The van der Waals surface area contributed by atoms with Crippen LogP contribution in [0.25, 0.3) is 0 Å². The van der Waals surface area contributed by atoms with Gasteiger partial charge in [0, 0.05) is 12.6 Å². The van der Waals surface area contributed by atoms with Gasteiger partial charge >= 0.3 is 0 Å². The number of morpholine rings is 1. The summed E-state index contributed by atoms with van der Waals surface area (Å²) in [6, 6.07) is 10.3. The molecular formula is C16H17ClN4O. The average molecular weight is 317 g/mol. The minimum absolute atomic E-state index is 0.204. The Balaban J connectivity index is 1.68. The maximum atomic E-state index is 6.22. The molecule has 1 unspecified atom stereocenters. The van der Waals surface area contributed by atoms with E-state index in [1.54, 1.807) is 6.07 Å². The zero-order valence-corrected chi connectivity index (χ0v) is 12.9. The molecule has 2 heterocycles. The van der Waals surface area contributed by atoms with E-state index >= 15 is 0 Å². The summed E-state index contributed by atoms with van der Waals surface area (Å²) in [5, 5.41) is 0.370. The van der Waals surface area contributed by atoms with E-state index in [1.807, 2.05) is 0 Å². The van der Waals surface area contributed by atoms with E-state index in [2.05, 4.69) is 39.1 Å². The van der Waals surface area contributed by atoms with Gasteiger partial charge in [0.1, 0.15) is 16.6 Å². The van der Waals surface area contributed by atoms with Crippen LogP contribution in [0.2, 0.25) is 5.15 Å². The molecule has 0 saturated carbocycles. The summed E-state index contributed by atoms with van der Waals surface area (Å²) in [5.41, 5.74) is 8.15. The van der Waals surface area contributed by atoms with Gasteiger partial charge in [-0.15, -0.1) is 0 Å². The minimum atomic E-state index is -0.249. The number of nitrogens with zero attached hydrogens (tertiary/aromatic N) is 3. The Morgan fingerprint density at radius 3 is 3.00 bits per heavy atom. The molecule has 1 aromatic carbocycles. The molecule has 0 amide bonds. The predicted molar refractivity (Wildman–Crippen MR) is 86.1 cm³/mol. The highest BCUT2D eigenvalue weighted by Gasteiger charge is 2.43. The summed E-state index contributed by atoms with van der Waals surface area (Å²) in [6.45, 7) is 2.20. The van der Waals surface area contributed by atoms with Gasteiger partial charge in [-0.1, -0.05) is 35.9 Å². The molecule has 1 fully saturated rings. The quantitative estimate of drug-likeness (QED) is 0.818. The summed E-state index contributed by atoms with van der Waals surface area (Å²) in [5.74, 6) is 0.972. The Labute approximate surface area is 134 Å². The van der Waals surface area contributed by atoms with Crippen LogP contribution in [0.4, 0.5) is 11.8 Å². The van der Waals surface area contributed by atoms with Gasteiger partial charge in [0.05, 0.1) is 13.2 Å². The lowest BCUT2D eigenvalue weighted by Gasteiger charge is -2.41. The number of nitrogen functional groups attached to an aromatic ring is 1. The van der Waals surface area contributed by atoms with E-state index in [9.17, 15) is 0 Å². The van der Waals surface area contributed by atoms with Crippen molar-refractivity contribution in [2.24, 2.45) is 0 Å². The SMILES string of the molecule is Nc1nc(Cl)cc(N2CCOC3(CCc4ccccc43)C2)n1. The number of hydrogen-bond acceptors (Lipinski definition) is 5. The second-order valence-electron chi connectivity index (χ2n) is 5.83. The summed E-state index contributed by atoms with van der Waals surface area (Å²) in [4.78, 5) is 10.4. The maximum absolute atomic E-state index is 6.22. The van der Waals surface area contributed by atoms with Crippen LogP contribution in [-0.4, -0.2) is 29.7 Å². The molecule has 2 aliphatic rings. The van der Waals surface area contributed by atoms with Gasteiger partial charge in [0.15, 0.2) is 0 Å². The molecule has 2 N–H and O–H groups in total. The zero-order valence-electron chi connectivity index (χ0n) is 12.1. The van der Waals surface area contributed by atoms with Gasteiger partial charge in [-0.05, 0) is 24.0 Å². The smallest absolute Gasteiger partial charge is 0.223 e. The van der Waals surface area contributed by atoms with E-state index in [1.165, 1.54) is 11.1 Å². The van der Waals surface area contributed by atoms with E-state index in [0.29, 0.717) is 11.8 Å². The third-order valence-corrected chi connectivity index (χ3v) is 4.71. The number of nitrogens with two attached hydrogens (primary N) is 1. The van der Waals surface area contributed by atoms with Crippen molar-refractivity contribution >= 4 is 23.4 Å². The van der Waals surface area contributed by atoms with Crippen molar-refractivity contribution in [3.8, 4) is 0 Å². The fourth-order valence-corrected chi connectivity index (χ4v) is 3.72. The van der Waals surface area contributed by atoms with E-state index in [-0.39, 0.29) is 11.5 Å². The van der Waals surface area contributed by atoms with Gasteiger partial charge in [0.2, 0.25) is 5.95 Å². The molecule has 1 atom stereocenters. The predicted octanol–water partition coefficient (Wildman–Crippen LogP) is 2.39. The fraction of sp³-hybridized carbons (Fsp3) is 0.375. The molecule has 114 valence electrons. The first kappa shape index (κ1) is 13.8. The Kier molecular flexibility index (Phi) is 3.20. The topological polar surface area (TPSA) is 64.3 Å². The summed E-state index contributed by atoms with van der Waals surface area (Å²) in [6.07, 6.45) is 2.05. The Morgan fingerprint density at radius 1 is 1.27 bits per heavy atom. The number of hydrogen-bond donors (Lipinski definition) is 1. The van der Waals surface area contributed by atoms with Crippen LogP contribution in [0.3, 0.4) is 0 Å². The van der Waals surface area contributed by atoms with Gasteiger partial charge < -0.3 is 15.4 Å². The second kappa shape index (κ2) is 5.11. The fourth-order valence-electron chi connectivity index (χ4n) is 3.53. The van der Waals surface area contributed by atoms with Crippen LogP contribution in [0.15, 0.2) is 30.3 Å². The normalized spacial score (nSPS) is 23.8. The maximum Gasteiger partial charge on any atom is 0.223 e. The van der Waals surface area contributed by atoms with Gasteiger partial charge in [0.25, 0.3) is 0 Å². The van der Waals surface area contributed by atoms with Gasteiger partial charge in [-0.2, -0.15) is 4.98 Å². The number of fused-ring (bicyclic) bond motifs is 2. The van der Waals surface area contributed by atoms with Crippen LogP contribution < -0.4 is 10.6 Å². The van der Waals surface area contributed by atoms with Gasteiger partial charge in [-0.3, -0.25) is 0 Å². The van der Waals surface area contributed by atoms with Gasteiger partial charge in [-0.25, -0.2) is 4.98 Å². The molecule has 1 aliphatic heterocycles. The Morgan fingerprint density at radius 2 is 2.14 bits per heavy atom. The first-order valence-electron chi connectivity index (χ1n) is 7.44. The van der Waals surface area contributed by atoms with Crippen molar-refractivity contribution in [1.29, 1.82) is 0 Å². The number of rotatable bonds is 1. The van der Waals surface area contributed by atoms with E-state index < -0.39 is 0 Å². The van der Waals surface area contributed by atoms with E-state index in [4.69, 9.17) is 22.1 Å². The molecule has 0 radical (unpaired) electrons. The molecule has 1 saturated heterocycles. The highest BCUT2D eigenvalue weighted by atomic mass is 35.5. The number of aromatic nitrogens is 2. The lowest BCUT2D eigenvalue weighted by Crippen LogP contribution is -2.49. The molecular weight excluding hydrogens is 300 g/mol. The standard InChI is InChI=1S/C16H17ClN4O/c17-13-9-14(20-15(18)19-13)21-7-8-22-16(10-21)6-5-11-3-1-2-4-12(11)16/h1-4,9H,5-8,10H2,(H2,18,19,20). The van der Waals surface area contributed by atoms with Crippen molar-refractivity contribution in [3.63, 3.8) is 0 Å². The first-order valence-corrected chi connectivity index (χ1v) is 7.81. The number of ether oxygens (including phenoxy) is 1. The van der Waals surface area contributed by atoms with Crippen LogP contribution in [-0.2, 0) is 16.8 Å². The number of benzene rings is 1. The second-order valence-corrected chi connectivity index (χ2v) is 6.22. The highest BCUT2D eigenvalue weighted by molar-refractivity contribution is 6.29. The monoisotopic (exact) mass is 316 g/mol. The lowest BCUT2D eigenvalue weighted by atomic mass is 9.93. The first-order chi connectivity index (χ1) is 10.7. The molecule has 1 aliphatic carbocycles. The zero-order chi connectivity index (χ0) is 15.2. The summed E-state index contributed by atoms with van der Waals surface area (Å²) in [7, 11) is 0. The Hall–Kier alpha value is -1.85. The highest BCUT2D eigenvalue weighted by Crippen LogP contribution is 2.42. The molecule has 1 spiro atoms. The number of aryl methyl sites for hydroxylation is 1.